The molecule has 2 aromatic rings. The number of hydrogen-bond acceptors (Lipinski definition) is 6. The van der Waals surface area contributed by atoms with E-state index in [1.54, 1.807) is 24.3 Å². The molecule has 180 valence electrons. The minimum atomic E-state index is -0.807. The Bertz CT molecular complexity index is 1220. The van der Waals surface area contributed by atoms with Gasteiger partial charge in [0.05, 0.1) is 33.7 Å². The molecule has 10 heteroatoms. The van der Waals surface area contributed by atoms with Gasteiger partial charge in [-0.3, -0.25) is 34.9 Å². The molecular formula is C25H22ClN3O6. The van der Waals surface area contributed by atoms with Crippen molar-refractivity contribution >= 4 is 46.9 Å². The van der Waals surface area contributed by atoms with Crippen LogP contribution < -0.4 is 15.8 Å². The molecule has 1 aliphatic heterocycles. The number of rotatable bonds is 5. The van der Waals surface area contributed by atoms with E-state index >= 15 is 0 Å². The quantitative estimate of drug-likeness (QED) is 0.373. The first-order valence-electron chi connectivity index (χ1n) is 11.3. The lowest BCUT2D eigenvalue weighted by Gasteiger charge is -2.19. The number of benzene rings is 2. The fraction of sp³-hybridized carbons (Fsp3) is 0.320. The molecule has 2 bridgehead atoms. The predicted molar refractivity (Wildman–Crippen MR) is 124 cm³/mol. The summed E-state index contributed by atoms with van der Waals surface area (Å²) in [4.78, 5) is 63.8. The summed E-state index contributed by atoms with van der Waals surface area (Å²) in [6, 6.07) is 12.4. The van der Waals surface area contributed by atoms with E-state index < -0.39 is 24.4 Å². The summed E-state index contributed by atoms with van der Waals surface area (Å²) in [7, 11) is 0. The Labute approximate surface area is 205 Å². The van der Waals surface area contributed by atoms with Crippen molar-refractivity contribution in [3.05, 3.63) is 64.7 Å². The molecule has 2 aromatic carbocycles. The van der Waals surface area contributed by atoms with Crippen LogP contribution in [0.2, 0.25) is 5.02 Å². The van der Waals surface area contributed by atoms with E-state index in [-0.39, 0.29) is 51.6 Å². The van der Waals surface area contributed by atoms with Crippen LogP contribution in [0, 0.1) is 23.7 Å². The highest BCUT2D eigenvalue weighted by Crippen LogP contribution is 2.56. The molecule has 1 saturated heterocycles. The minimum Gasteiger partial charge on any atom is -0.452 e. The van der Waals surface area contributed by atoms with Crippen LogP contribution >= 0.6 is 11.6 Å². The number of hydrogen-bond donors (Lipinski definition) is 2. The van der Waals surface area contributed by atoms with Gasteiger partial charge in [0.2, 0.25) is 11.8 Å². The van der Waals surface area contributed by atoms with Crippen LogP contribution in [0.4, 0.5) is 5.69 Å². The van der Waals surface area contributed by atoms with Crippen molar-refractivity contribution in [2.75, 3.05) is 11.5 Å². The van der Waals surface area contributed by atoms with Crippen LogP contribution in [0.15, 0.2) is 48.5 Å². The zero-order chi connectivity index (χ0) is 24.7. The number of nitrogens with one attached hydrogen (secondary N) is 2. The number of nitrogens with zero attached hydrogens (tertiary/aromatic N) is 1. The van der Waals surface area contributed by atoms with Crippen LogP contribution in [0.3, 0.4) is 0 Å². The molecule has 3 fully saturated rings. The summed E-state index contributed by atoms with van der Waals surface area (Å²) < 4.78 is 5.02. The summed E-state index contributed by atoms with van der Waals surface area (Å²) in [6.07, 6.45) is 2.89. The second-order valence-corrected chi connectivity index (χ2v) is 9.41. The summed E-state index contributed by atoms with van der Waals surface area (Å²) in [5, 5.41) is 0.219. The standard InChI is InChI=1S/C25H22ClN3O6/c26-18-7-2-1-6-17(18)22(31)28-27-19(30)12-35-25(34)15-4-3-5-16(11-15)29-23(32)20-13-8-9-14(10-13)21(20)24(29)33/h1-7,11,13-14,20-21H,8-10,12H2,(H,27,30)(H,28,31)/t13-,14-,20-,21+/m0/s1. The first-order valence-corrected chi connectivity index (χ1v) is 11.7. The van der Waals surface area contributed by atoms with Crippen molar-refractivity contribution in [3.8, 4) is 0 Å². The largest absolute Gasteiger partial charge is 0.452 e. The van der Waals surface area contributed by atoms with E-state index in [9.17, 15) is 24.0 Å². The van der Waals surface area contributed by atoms with Crippen LogP contribution in [0.5, 0.6) is 0 Å². The molecule has 3 aliphatic rings. The molecule has 2 N–H and O–H groups in total. The molecule has 1 heterocycles. The van der Waals surface area contributed by atoms with Gasteiger partial charge < -0.3 is 4.74 Å². The number of imide groups is 1. The summed E-state index contributed by atoms with van der Waals surface area (Å²) in [5.41, 5.74) is 4.93. The summed E-state index contributed by atoms with van der Waals surface area (Å²) in [6.45, 7) is -0.652. The Balaban J connectivity index is 1.18. The fourth-order valence-corrected chi connectivity index (χ4v) is 5.75. The molecule has 0 unspecified atom stereocenters. The first kappa shape index (κ1) is 23.0. The van der Waals surface area contributed by atoms with Crippen molar-refractivity contribution in [1.82, 2.24) is 10.9 Å². The Kier molecular flexibility index (Phi) is 6.02. The van der Waals surface area contributed by atoms with Crippen LogP contribution in [-0.2, 0) is 19.1 Å². The Hall–Kier alpha value is -3.72. The number of hydrazine groups is 1. The third kappa shape index (κ3) is 4.16. The Morgan fingerprint density at radius 3 is 2.31 bits per heavy atom. The average molecular weight is 496 g/mol. The molecule has 0 radical (unpaired) electrons. The van der Waals surface area contributed by atoms with Gasteiger partial charge in [-0.1, -0.05) is 29.8 Å². The van der Waals surface area contributed by atoms with Gasteiger partial charge in [-0.15, -0.1) is 0 Å². The number of halogens is 1. The average Bonchev–Trinajstić information content (AvgIpc) is 3.55. The predicted octanol–water partition coefficient (Wildman–Crippen LogP) is 2.49. The second-order valence-electron chi connectivity index (χ2n) is 9.01. The number of esters is 1. The van der Waals surface area contributed by atoms with Gasteiger partial charge in [0.15, 0.2) is 6.61 Å². The van der Waals surface area contributed by atoms with E-state index in [0.29, 0.717) is 5.69 Å². The monoisotopic (exact) mass is 495 g/mol. The molecule has 2 aliphatic carbocycles. The molecule has 35 heavy (non-hydrogen) atoms. The number of fused-ring (bicyclic) bond motifs is 5. The third-order valence-electron chi connectivity index (χ3n) is 7.04. The lowest BCUT2D eigenvalue weighted by molar-refractivity contribution is -0.125. The maximum Gasteiger partial charge on any atom is 0.338 e. The topological polar surface area (TPSA) is 122 Å². The van der Waals surface area contributed by atoms with Crippen LogP contribution in [0.1, 0.15) is 40.0 Å². The Morgan fingerprint density at radius 1 is 0.943 bits per heavy atom. The highest BCUT2D eigenvalue weighted by molar-refractivity contribution is 6.33. The molecule has 4 amide bonds. The van der Waals surface area contributed by atoms with E-state index in [1.165, 1.54) is 29.2 Å². The smallest absolute Gasteiger partial charge is 0.338 e. The van der Waals surface area contributed by atoms with Gasteiger partial charge in [0.1, 0.15) is 0 Å². The zero-order valence-electron chi connectivity index (χ0n) is 18.5. The third-order valence-corrected chi connectivity index (χ3v) is 7.37. The van der Waals surface area contributed by atoms with Crippen molar-refractivity contribution in [2.45, 2.75) is 19.3 Å². The maximum atomic E-state index is 13.0. The molecule has 4 atom stereocenters. The number of carbonyl (C=O) groups excluding carboxylic acids is 5. The van der Waals surface area contributed by atoms with E-state index in [2.05, 4.69) is 10.9 Å². The molecular weight excluding hydrogens is 474 g/mol. The molecule has 0 spiro atoms. The Morgan fingerprint density at radius 2 is 1.63 bits per heavy atom. The van der Waals surface area contributed by atoms with Gasteiger partial charge in [-0.05, 0) is 61.4 Å². The second kappa shape index (κ2) is 9.14. The highest BCUT2D eigenvalue weighted by Gasteiger charge is 2.61. The van der Waals surface area contributed by atoms with Gasteiger partial charge in [-0.25, -0.2) is 4.79 Å². The SMILES string of the molecule is O=C(COC(=O)c1cccc(N2C(=O)[C@@H]3[C@H]4CC[C@@H](C4)[C@@H]3C2=O)c1)NNC(=O)c1ccccc1Cl. The van der Waals surface area contributed by atoms with E-state index in [0.717, 1.165) is 19.3 Å². The lowest BCUT2D eigenvalue weighted by Crippen LogP contribution is -2.43. The highest BCUT2D eigenvalue weighted by atomic mass is 35.5. The van der Waals surface area contributed by atoms with Crippen LogP contribution in [-0.4, -0.2) is 36.2 Å². The normalized spacial score (nSPS) is 24.3. The number of amides is 4. The van der Waals surface area contributed by atoms with Crippen molar-refractivity contribution in [3.63, 3.8) is 0 Å². The van der Waals surface area contributed by atoms with Gasteiger partial charge in [0, 0.05) is 0 Å². The van der Waals surface area contributed by atoms with Gasteiger partial charge in [0.25, 0.3) is 11.8 Å². The molecule has 0 aromatic heterocycles. The summed E-state index contributed by atoms with van der Waals surface area (Å²) >= 11 is 5.94. The summed E-state index contributed by atoms with van der Waals surface area (Å²) in [5.74, 6) is -2.60. The van der Waals surface area contributed by atoms with Crippen molar-refractivity contribution in [1.29, 1.82) is 0 Å². The van der Waals surface area contributed by atoms with Crippen LogP contribution in [0.25, 0.3) is 0 Å². The minimum absolute atomic E-state index is 0.0936. The van der Waals surface area contributed by atoms with Gasteiger partial charge in [-0.2, -0.15) is 0 Å². The maximum absolute atomic E-state index is 13.0. The first-order chi connectivity index (χ1) is 16.8. The lowest BCUT2D eigenvalue weighted by atomic mass is 9.81. The van der Waals surface area contributed by atoms with Gasteiger partial charge >= 0.3 is 5.97 Å². The van der Waals surface area contributed by atoms with Crippen molar-refractivity contribution < 1.29 is 28.7 Å². The number of ether oxygens (including phenoxy) is 1. The van der Waals surface area contributed by atoms with E-state index in [1.807, 2.05) is 0 Å². The number of carbonyl (C=O) groups is 5. The van der Waals surface area contributed by atoms with Crippen molar-refractivity contribution in [2.24, 2.45) is 23.7 Å². The fourth-order valence-electron chi connectivity index (χ4n) is 5.52. The molecule has 2 saturated carbocycles. The number of anilines is 1. The molecule has 5 rings (SSSR count). The molecule has 9 nitrogen and oxygen atoms in total. The zero-order valence-corrected chi connectivity index (χ0v) is 19.3. The van der Waals surface area contributed by atoms with E-state index in [4.69, 9.17) is 16.3 Å².